The molecule has 0 aliphatic carbocycles. The number of anilines is 1. The Morgan fingerprint density at radius 3 is 2.66 bits per heavy atom. The lowest BCUT2D eigenvalue weighted by Gasteiger charge is -2.37. The largest absolute Gasteiger partial charge is 0.416 e. The average molecular weight is 533 g/mol. The zero-order chi connectivity index (χ0) is 26.9. The number of aromatic nitrogens is 3. The van der Waals surface area contributed by atoms with Gasteiger partial charge < -0.3 is 25.0 Å². The number of nitrogens with two attached hydrogens (primary N) is 1. The molecule has 9 nitrogen and oxygen atoms in total. The molecule has 5 rings (SSSR count). The number of alkyl halides is 3. The van der Waals surface area contributed by atoms with Crippen LogP contribution in [0.4, 0.5) is 19.0 Å². The monoisotopic (exact) mass is 532 g/mol. The lowest BCUT2D eigenvalue weighted by Crippen LogP contribution is -2.47. The fourth-order valence-electron chi connectivity index (χ4n) is 5.48. The van der Waals surface area contributed by atoms with Crippen LogP contribution in [0, 0.1) is 5.92 Å². The fraction of sp³-hybridized carbons (Fsp3) is 0.500. The molecule has 2 aliphatic heterocycles. The van der Waals surface area contributed by atoms with E-state index in [0.717, 1.165) is 41.6 Å². The number of likely N-dealkylation sites (tertiary alicyclic amines) is 1. The Bertz CT molecular complexity index is 1270. The van der Waals surface area contributed by atoms with Crippen molar-refractivity contribution >= 4 is 22.8 Å². The van der Waals surface area contributed by atoms with Gasteiger partial charge in [-0.3, -0.25) is 9.69 Å². The van der Waals surface area contributed by atoms with Crippen molar-refractivity contribution in [3.63, 3.8) is 0 Å². The van der Waals surface area contributed by atoms with Gasteiger partial charge >= 0.3 is 6.18 Å². The molecule has 1 aromatic carbocycles. The molecule has 1 amide bonds. The predicted molar refractivity (Wildman–Crippen MR) is 134 cm³/mol. The third-order valence-electron chi connectivity index (χ3n) is 7.48. The maximum Gasteiger partial charge on any atom is 0.416 e. The molecule has 2 aliphatic rings. The zero-order valence-corrected chi connectivity index (χ0v) is 20.8. The quantitative estimate of drug-likeness (QED) is 0.481. The molecule has 0 unspecified atom stereocenters. The van der Waals surface area contributed by atoms with Crippen molar-refractivity contribution in [2.45, 2.75) is 37.7 Å². The van der Waals surface area contributed by atoms with E-state index in [0.29, 0.717) is 45.2 Å². The Labute approximate surface area is 218 Å². The first kappa shape index (κ1) is 26.4. The molecule has 2 fully saturated rings. The number of hydrogen-bond acceptors (Lipinski definition) is 7. The Hall–Kier alpha value is -3.22. The third kappa shape index (κ3) is 5.62. The summed E-state index contributed by atoms with van der Waals surface area (Å²) < 4.78 is 46.9. The number of ether oxygens (including phenoxy) is 1. The van der Waals surface area contributed by atoms with Crippen LogP contribution in [0.25, 0.3) is 11.0 Å². The fourth-order valence-corrected chi connectivity index (χ4v) is 5.48. The highest BCUT2D eigenvalue weighted by molar-refractivity contribution is 5.88. The minimum Gasteiger partial charge on any atom is -0.392 e. The van der Waals surface area contributed by atoms with Gasteiger partial charge in [0.2, 0.25) is 5.91 Å². The van der Waals surface area contributed by atoms with E-state index < -0.39 is 23.8 Å². The van der Waals surface area contributed by atoms with Gasteiger partial charge in [-0.05, 0) is 49.1 Å². The number of amides is 1. The van der Waals surface area contributed by atoms with Crippen LogP contribution in [0.5, 0.6) is 0 Å². The summed E-state index contributed by atoms with van der Waals surface area (Å²) in [5.74, 6) is 0.411. The lowest BCUT2D eigenvalue weighted by atomic mass is 9.91. The van der Waals surface area contributed by atoms with Gasteiger partial charge in [-0.25, -0.2) is 9.97 Å². The van der Waals surface area contributed by atoms with E-state index in [1.165, 1.54) is 18.5 Å². The number of β-amino-alcohol motifs (C(OH)–C–C–N with tert-alkyl or cyclic N) is 1. The van der Waals surface area contributed by atoms with Gasteiger partial charge in [0.05, 0.1) is 42.9 Å². The number of carbonyl (C=O) groups excluding carboxylic acids is 1. The molecular formula is C26H31F3N6O3. The highest BCUT2D eigenvalue weighted by Gasteiger charge is 2.32. The molecule has 4 heterocycles. The smallest absolute Gasteiger partial charge is 0.392 e. The topological polar surface area (TPSA) is 110 Å². The van der Waals surface area contributed by atoms with E-state index in [4.69, 9.17) is 10.5 Å². The molecule has 0 radical (unpaired) electrons. The van der Waals surface area contributed by atoms with Gasteiger partial charge in [0.25, 0.3) is 0 Å². The first-order chi connectivity index (χ1) is 18.2. The number of piperidine rings is 1. The number of primary amides is 1. The number of morpholine rings is 1. The number of halogens is 3. The minimum absolute atomic E-state index is 0.0983. The number of aryl methyl sites for hydroxylation is 1. The number of fused-ring (bicyclic) bond motifs is 1. The van der Waals surface area contributed by atoms with Crippen molar-refractivity contribution in [1.29, 1.82) is 0 Å². The second kappa shape index (κ2) is 10.9. The first-order valence-electron chi connectivity index (χ1n) is 12.7. The standard InChI is InChI=1S/C26H31F3N6O3/c27-26(28,29)19-3-1-17(2-4-19)21-15-38-12-11-35(21)25-20-7-10-34(24(20)31-16-32-25)9-6-18-5-8-33(13-22(18)36)14-23(30)37/h1-4,7,10,16,18,21-22,36H,5-6,8-9,11-15H2,(H2,30,37)/t18-,21+,22+/m0/s1. The number of aliphatic hydroxyl groups is 1. The summed E-state index contributed by atoms with van der Waals surface area (Å²) in [4.78, 5) is 24.2. The van der Waals surface area contributed by atoms with E-state index >= 15 is 0 Å². The normalized spacial score (nSPS) is 23.2. The van der Waals surface area contributed by atoms with Gasteiger partial charge in [-0.1, -0.05) is 12.1 Å². The molecule has 204 valence electrons. The first-order valence-corrected chi connectivity index (χ1v) is 12.7. The van der Waals surface area contributed by atoms with Crippen LogP contribution in [-0.4, -0.2) is 75.9 Å². The molecule has 3 atom stereocenters. The van der Waals surface area contributed by atoms with Gasteiger partial charge in [0, 0.05) is 25.8 Å². The Balaban J connectivity index is 1.32. The Morgan fingerprint density at radius 2 is 1.95 bits per heavy atom. The van der Waals surface area contributed by atoms with Gasteiger partial charge in [0.1, 0.15) is 17.8 Å². The minimum atomic E-state index is -4.39. The molecule has 12 heteroatoms. The Kier molecular flexibility index (Phi) is 7.55. The molecule has 0 spiro atoms. The molecule has 2 saturated heterocycles. The van der Waals surface area contributed by atoms with Gasteiger partial charge in [-0.2, -0.15) is 13.2 Å². The maximum atomic E-state index is 13.1. The number of benzene rings is 1. The van der Waals surface area contributed by atoms with E-state index in [1.807, 2.05) is 21.7 Å². The summed E-state index contributed by atoms with van der Waals surface area (Å²) in [6, 6.07) is 6.86. The van der Waals surface area contributed by atoms with Crippen molar-refractivity contribution in [3.05, 3.63) is 54.0 Å². The summed E-state index contributed by atoms with van der Waals surface area (Å²) in [5.41, 5.74) is 6.07. The number of nitrogens with zero attached hydrogens (tertiary/aromatic N) is 5. The van der Waals surface area contributed by atoms with Crippen molar-refractivity contribution in [2.75, 3.05) is 44.3 Å². The summed E-state index contributed by atoms with van der Waals surface area (Å²) in [6.45, 7) is 3.31. The molecule has 0 saturated carbocycles. The van der Waals surface area contributed by atoms with Crippen molar-refractivity contribution in [1.82, 2.24) is 19.4 Å². The highest BCUT2D eigenvalue weighted by atomic mass is 19.4. The molecule has 3 N–H and O–H groups in total. The number of aliphatic hydroxyl groups excluding tert-OH is 1. The van der Waals surface area contributed by atoms with Crippen LogP contribution in [-0.2, 0) is 22.3 Å². The van der Waals surface area contributed by atoms with E-state index in [9.17, 15) is 23.1 Å². The van der Waals surface area contributed by atoms with Gasteiger partial charge in [-0.15, -0.1) is 0 Å². The summed E-state index contributed by atoms with van der Waals surface area (Å²) in [7, 11) is 0. The van der Waals surface area contributed by atoms with E-state index in [-0.39, 0.29) is 18.5 Å². The summed E-state index contributed by atoms with van der Waals surface area (Å²) >= 11 is 0. The van der Waals surface area contributed by atoms with Crippen LogP contribution in [0.15, 0.2) is 42.9 Å². The molecule has 38 heavy (non-hydrogen) atoms. The van der Waals surface area contributed by atoms with Gasteiger partial charge in [0.15, 0.2) is 0 Å². The maximum absolute atomic E-state index is 13.1. The average Bonchev–Trinajstić information content (AvgIpc) is 3.31. The van der Waals surface area contributed by atoms with E-state index in [2.05, 4.69) is 14.9 Å². The predicted octanol–water partition coefficient (Wildman–Crippen LogP) is 2.59. The number of hydrogen-bond donors (Lipinski definition) is 2. The number of carbonyl (C=O) groups is 1. The van der Waals surface area contributed by atoms with Crippen LogP contribution in [0.1, 0.15) is 30.0 Å². The second-order valence-corrected chi connectivity index (χ2v) is 9.95. The van der Waals surface area contributed by atoms with Crippen LogP contribution < -0.4 is 10.6 Å². The molecule has 2 aromatic heterocycles. The van der Waals surface area contributed by atoms with E-state index in [1.54, 1.807) is 0 Å². The van der Waals surface area contributed by atoms with Crippen LogP contribution in [0.3, 0.4) is 0 Å². The second-order valence-electron chi connectivity index (χ2n) is 9.95. The Morgan fingerprint density at radius 1 is 1.16 bits per heavy atom. The van der Waals surface area contributed by atoms with Crippen molar-refractivity contribution in [2.24, 2.45) is 11.7 Å². The highest BCUT2D eigenvalue weighted by Crippen LogP contribution is 2.35. The van der Waals surface area contributed by atoms with Crippen molar-refractivity contribution < 1.29 is 27.8 Å². The lowest BCUT2D eigenvalue weighted by molar-refractivity contribution is -0.137. The third-order valence-corrected chi connectivity index (χ3v) is 7.48. The number of rotatable bonds is 7. The molecule has 0 bridgehead atoms. The summed E-state index contributed by atoms with van der Waals surface area (Å²) in [5, 5.41) is 11.4. The van der Waals surface area contributed by atoms with Crippen LogP contribution in [0.2, 0.25) is 0 Å². The molecular weight excluding hydrogens is 501 g/mol. The molecule has 3 aromatic rings. The zero-order valence-electron chi connectivity index (χ0n) is 20.8. The van der Waals surface area contributed by atoms with Crippen LogP contribution >= 0.6 is 0 Å². The SMILES string of the molecule is NC(=O)CN1CC[C@@H](CCn2ccc3c(N4CCOC[C@@H]4c4ccc(C(F)(F)F)cc4)ncnc32)[C@H](O)C1. The van der Waals surface area contributed by atoms with Crippen molar-refractivity contribution in [3.8, 4) is 0 Å². The summed E-state index contributed by atoms with van der Waals surface area (Å²) in [6.07, 6.45) is 0.0551.